The van der Waals surface area contributed by atoms with Gasteiger partial charge in [0.15, 0.2) is 0 Å². The first-order valence-corrected chi connectivity index (χ1v) is 12.8. The fraction of sp³-hybridized carbons (Fsp3) is 0.316. The van der Waals surface area contributed by atoms with Crippen LogP contribution in [0.3, 0.4) is 0 Å². The van der Waals surface area contributed by atoms with E-state index in [0.29, 0.717) is 11.5 Å². The topological polar surface area (TPSA) is 73.9 Å². The third-order valence-electron chi connectivity index (χ3n) is 3.49. The van der Waals surface area contributed by atoms with E-state index in [2.05, 4.69) is 5.32 Å². The first kappa shape index (κ1) is 22.7. The van der Waals surface area contributed by atoms with E-state index in [1.165, 1.54) is 0 Å². The number of carbonyl (C=O) groups excluding carboxylic acids is 1. The van der Waals surface area contributed by atoms with Crippen molar-refractivity contribution < 1.29 is 23.1 Å². The van der Waals surface area contributed by atoms with Crippen LogP contribution < -0.4 is 14.4 Å². The van der Waals surface area contributed by atoms with Crippen molar-refractivity contribution in [2.45, 2.75) is 16.7 Å². The van der Waals surface area contributed by atoms with Crippen molar-refractivity contribution in [1.82, 2.24) is 5.32 Å². The summed E-state index contributed by atoms with van der Waals surface area (Å²) < 4.78 is 29.6. The lowest BCUT2D eigenvalue weighted by Crippen LogP contribution is -2.27. The summed E-state index contributed by atoms with van der Waals surface area (Å²) in [7, 11) is -3.62. The van der Waals surface area contributed by atoms with Crippen LogP contribution in [0.1, 0.15) is 6.92 Å². The molecule has 0 spiro atoms. The Kier molecular flexibility index (Phi) is 9.25. The lowest BCUT2D eigenvalue weighted by atomic mass is 10.3. The Morgan fingerprint density at radius 3 is 1.79 bits per heavy atom. The normalized spacial score (nSPS) is 11.1. The largest absolute Gasteiger partial charge is 0.465 e. The zero-order valence-corrected chi connectivity index (χ0v) is 18.6. The molecule has 0 aliphatic rings. The Hall–Kier alpha value is -1.60. The molecule has 0 saturated carbocycles. The molecule has 0 aliphatic heterocycles. The van der Waals surface area contributed by atoms with Crippen molar-refractivity contribution in [3.63, 3.8) is 0 Å². The van der Waals surface area contributed by atoms with Crippen molar-refractivity contribution in [2.24, 2.45) is 0 Å². The summed E-state index contributed by atoms with van der Waals surface area (Å²) in [4.78, 5) is 13.7. The van der Waals surface area contributed by atoms with Gasteiger partial charge in [0.05, 0.1) is 13.2 Å². The molecule has 0 radical (unpaired) electrons. The number of carbonyl (C=O) groups is 1. The summed E-state index contributed by atoms with van der Waals surface area (Å²) in [6, 6.07) is 14.5. The highest BCUT2D eigenvalue weighted by Gasteiger charge is 2.28. The lowest BCUT2D eigenvalue weighted by Gasteiger charge is -2.20. The second-order valence-corrected chi connectivity index (χ2v) is 9.20. The minimum absolute atomic E-state index is 0.0820. The van der Waals surface area contributed by atoms with Gasteiger partial charge in [0.25, 0.3) is 0 Å². The monoisotopic (exact) mass is 441 g/mol. The number of ether oxygens (including phenoxy) is 1. The molecule has 28 heavy (non-hydrogen) atoms. The Morgan fingerprint density at radius 2 is 1.39 bits per heavy atom. The van der Waals surface area contributed by atoms with E-state index in [-0.39, 0.29) is 19.4 Å². The Bertz CT molecular complexity index is 745. The molecule has 2 rings (SSSR count). The van der Waals surface area contributed by atoms with E-state index in [1.54, 1.807) is 54.7 Å². The fourth-order valence-electron chi connectivity index (χ4n) is 2.18. The van der Waals surface area contributed by atoms with Crippen LogP contribution in [-0.4, -0.2) is 37.9 Å². The number of esters is 1. The molecule has 0 saturated heterocycles. The van der Waals surface area contributed by atoms with Crippen LogP contribution in [0.5, 0.6) is 11.5 Å². The smallest absolute Gasteiger partial charge is 0.444 e. The molecule has 0 fully saturated rings. The van der Waals surface area contributed by atoms with E-state index in [9.17, 15) is 9.36 Å². The molecule has 9 heteroatoms. The molecule has 0 aromatic heterocycles. The van der Waals surface area contributed by atoms with Gasteiger partial charge < -0.3 is 13.8 Å². The van der Waals surface area contributed by atoms with Gasteiger partial charge in [-0.15, -0.1) is 23.5 Å². The summed E-state index contributed by atoms with van der Waals surface area (Å²) >= 11 is 3.20. The predicted octanol–water partition coefficient (Wildman–Crippen LogP) is 4.89. The number of hydrogen-bond acceptors (Lipinski definition) is 8. The molecule has 1 N–H and O–H groups in total. The molecular formula is C19H24NO5PS2. The first-order valence-electron chi connectivity index (χ1n) is 8.60. The van der Waals surface area contributed by atoms with Gasteiger partial charge in [0.2, 0.25) is 0 Å². The minimum Gasteiger partial charge on any atom is -0.465 e. The summed E-state index contributed by atoms with van der Waals surface area (Å²) in [5.41, 5.74) is 0. The van der Waals surface area contributed by atoms with Crippen LogP contribution in [0.15, 0.2) is 58.3 Å². The maximum Gasteiger partial charge on any atom is 0.444 e. The molecular weight excluding hydrogens is 417 g/mol. The Morgan fingerprint density at radius 1 is 0.929 bits per heavy atom. The average molecular weight is 442 g/mol. The molecule has 0 bridgehead atoms. The van der Waals surface area contributed by atoms with Gasteiger partial charge >= 0.3 is 13.6 Å². The zero-order valence-electron chi connectivity index (χ0n) is 16.0. The van der Waals surface area contributed by atoms with E-state index < -0.39 is 13.6 Å². The number of nitrogens with one attached hydrogen (secondary N) is 1. The zero-order chi connectivity index (χ0) is 20.4. The van der Waals surface area contributed by atoms with Gasteiger partial charge in [-0.1, -0.05) is 0 Å². The molecule has 0 heterocycles. The molecule has 0 amide bonds. The van der Waals surface area contributed by atoms with Crippen molar-refractivity contribution in [3.8, 4) is 11.5 Å². The molecule has 0 atom stereocenters. The van der Waals surface area contributed by atoms with Crippen molar-refractivity contribution in [2.75, 3.05) is 31.9 Å². The van der Waals surface area contributed by atoms with Gasteiger partial charge in [-0.2, -0.15) is 0 Å². The van der Waals surface area contributed by atoms with E-state index >= 15 is 0 Å². The number of hydrogen-bond donors (Lipinski definition) is 1. The Labute approximate surface area is 174 Å². The van der Waals surface area contributed by atoms with Crippen LogP contribution >= 0.6 is 31.1 Å². The molecule has 0 aliphatic carbocycles. The molecule has 6 nitrogen and oxygen atoms in total. The maximum atomic E-state index is 13.3. The highest BCUT2D eigenvalue weighted by molar-refractivity contribution is 7.98. The van der Waals surface area contributed by atoms with Crippen LogP contribution in [0.2, 0.25) is 0 Å². The molecule has 152 valence electrons. The fourth-order valence-corrected chi connectivity index (χ4v) is 4.44. The first-order chi connectivity index (χ1) is 13.5. The summed E-state index contributed by atoms with van der Waals surface area (Å²) in [5, 5.41) is 2.80. The lowest BCUT2D eigenvalue weighted by molar-refractivity contribution is -0.141. The van der Waals surface area contributed by atoms with Gasteiger partial charge in [-0.05, 0) is 68.0 Å². The third kappa shape index (κ3) is 7.43. The molecule has 0 unspecified atom stereocenters. The van der Waals surface area contributed by atoms with Crippen molar-refractivity contribution in [3.05, 3.63) is 48.5 Å². The Balaban J connectivity index is 2.12. The van der Waals surface area contributed by atoms with E-state index in [0.717, 1.165) is 9.79 Å². The number of rotatable bonds is 11. The molecule has 2 aromatic carbocycles. The van der Waals surface area contributed by atoms with Gasteiger partial charge in [0, 0.05) is 9.79 Å². The van der Waals surface area contributed by atoms with E-state index in [4.69, 9.17) is 13.8 Å². The van der Waals surface area contributed by atoms with Gasteiger partial charge in [-0.3, -0.25) is 10.1 Å². The highest BCUT2D eigenvalue weighted by Crippen LogP contribution is 2.47. The van der Waals surface area contributed by atoms with Gasteiger partial charge in [0.1, 0.15) is 17.8 Å². The molecule has 2 aromatic rings. The summed E-state index contributed by atoms with van der Waals surface area (Å²) in [6.07, 6.45) is 3.81. The second kappa shape index (κ2) is 11.4. The average Bonchev–Trinajstić information content (AvgIpc) is 2.69. The van der Waals surface area contributed by atoms with Crippen molar-refractivity contribution in [1.29, 1.82) is 0 Å². The van der Waals surface area contributed by atoms with Crippen LogP contribution in [0.4, 0.5) is 0 Å². The second-order valence-electron chi connectivity index (χ2n) is 5.53. The van der Waals surface area contributed by atoms with E-state index in [1.807, 2.05) is 36.8 Å². The van der Waals surface area contributed by atoms with Crippen LogP contribution in [0.25, 0.3) is 0 Å². The number of thioether (sulfide) groups is 2. The minimum atomic E-state index is -3.62. The quantitative estimate of drug-likeness (QED) is 0.300. The van der Waals surface area contributed by atoms with Crippen molar-refractivity contribution >= 4 is 37.1 Å². The summed E-state index contributed by atoms with van der Waals surface area (Å²) in [6.45, 7) is 1.93. The van der Waals surface area contributed by atoms with Gasteiger partial charge in [-0.25, -0.2) is 4.57 Å². The third-order valence-corrected chi connectivity index (χ3v) is 6.56. The van der Waals surface area contributed by atoms with Crippen LogP contribution in [-0.2, 0) is 14.1 Å². The predicted molar refractivity (Wildman–Crippen MR) is 115 cm³/mol. The number of benzene rings is 2. The standard InChI is InChI=1S/C19H24NO5PS2/c1-4-23-19(21)13-20-14-26(22,24-15-5-9-17(27-2)10-6-15)25-16-7-11-18(28-3)12-8-16/h5-12,20H,4,13-14H2,1-3H3. The SMILES string of the molecule is CCOC(=O)CNCP(=O)(Oc1ccc(SC)cc1)Oc1ccc(SC)cc1. The maximum absolute atomic E-state index is 13.3. The van der Waals surface area contributed by atoms with Crippen LogP contribution in [0, 0.1) is 0 Å². The highest BCUT2D eigenvalue weighted by atomic mass is 32.2. The summed E-state index contributed by atoms with van der Waals surface area (Å²) in [5.74, 6) is 0.433.